The van der Waals surface area contributed by atoms with Crippen molar-refractivity contribution in [3.63, 3.8) is 0 Å². The quantitative estimate of drug-likeness (QED) is 0.125. The summed E-state index contributed by atoms with van der Waals surface area (Å²) in [5, 5.41) is 5.50. The molecule has 3 aromatic rings. The lowest BCUT2D eigenvalue weighted by Gasteiger charge is -2.26. The third-order valence-corrected chi connectivity index (χ3v) is 10.2. The fourth-order valence-electron chi connectivity index (χ4n) is 3.87. The summed E-state index contributed by atoms with van der Waals surface area (Å²) in [4.78, 5) is 0. The van der Waals surface area contributed by atoms with Gasteiger partial charge in [0.15, 0.2) is 0 Å². The standard InChI is InChI=1S/C27H31BrP/c28-23-15-4-2-1-3-5-16-24-29(25-17-9-6-10-18-25,26-19-11-7-12-20-26)27-21-13-8-14-22-27/h5-14,16-22H,1-4,15,23-24H2/q+1. The van der Waals surface area contributed by atoms with Crippen LogP contribution in [0.2, 0.25) is 0 Å². The van der Waals surface area contributed by atoms with Crippen LogP contribution in [0.3, 0.4) is 0 Å². The highest BCUT2D eigenvalue weighted by Crippen LogP contribution is 2.55. The van der Waals surface area contributed by atoms with E-state index in [2.05, 4.69) is 119 Å². The van der Waals surface area contributed by atoms with Gasteiger partial charge in [-0.2, -0.15) is 0 Å². The van der Waals surface area contributed by atoms with Crippen molar-refractivity contribution in [3.8, 4) is 0 Å². The van der Waals surface area contributed by atoms with E-state index >= 15 is 0 Å². The van der Waals surface area contributed by atoms with E-state index in [0.29, 0.717) is 0 Å². The molecule has 0 atom stereocenters. The Kier molecular flexibility index (Phi) is 9.19. The molecule has 0 aliphatic carbocycles. The highest BCUT2D eigenvalue weighted by atomic mass is 79.9. The maximum Gasteiger partial charge on any atom is 0.115 e. The van der Waals surface area contributed by atoms with Crippen LogP contribution < -0.4 is 15.9 Å². The Morgan fingerprint density at radius 2 is 1.00 bits per heavy atom. The molecule has 3 aromatic carbocycles. The molecule has 0 amide bonds. The molecule has 0 N–H and O–H groups in total. The maximum atomic E-state index is 3.52. The molecule has 0 fully saturated rings. The lowest BCUT2D eigenvalue weighted by Crippen LogP contribution is -2.32. The largest absolute Gasteiger partial charge is 0.115 e. The molecule has 0 nitrogen and oxygen atoms in total. The predicted octanol–water partition coefficient (Wildman–Crippen LogP) is 6.88. The minimum atomic E-state index is -1.71. The van der Waals surface area contributed by atoms with Crippen molar-refractivity contribution in [3.05, 3.63) is 103 Å². The van der Waals surface area contributed by atoms with Gasteiger partial charge in [0.2, 0.25) is 0 Å². The van der Waals surface area contributed by atoms with Crippen molar-refractivity contribution in [2.24, 2.45) is 0 Å². The monoisotopic (exact) mass is 465 g/mol. The van der Waals surface area contributed by atoms with Gasteiger partial charge in [0.1, 0.15) is 23.2 Å². The van der Waals surface area contributed by atoms with Gasteiger partial charge in [0.05, 0.1) is 6.16 Å². The fraction of sp³-hybridized carbons (Fsp3) is 0.259. The van der Waals surface area contributed by atoms with E-state index in [1.165, 1.54) is 48.0 Å². The average Bonchev–Trinajstić information content (AvgIpc) is 2.80. The first-order chi connectivity index (χ1) is 14.4. The predicted molar refractivity (Wildman–Crippen MR) is 136 cm³/mol. The molecule has 0 unspecified atom stereocenters. The normalized spacial score (nSPS) is 11.8. The Morgan fingerprint density at radius 1 is 0.552 bits per heavy atom. The Labute approximate surface area is 185 Å². The third-order valence-electron chi connectivity index (χ3n) is 5.39. The van der Waals surface area contributed by atoms with E-state index in [9.17, 15) is 0 Å². The van der Waals surface area contributed by atoms with Crippen LogP contribution in [0.4, 0.5) is 0 Å². The van der Waals surface area contributed by atoms with Gasteiger partial charge >= 0.3 is 0 Å². The van der Waals surface area contributed by atoms with Crippen molar-refractivity contribution >= 4 is 39.1 Å². The maximum absolute atomic E-state index is 3.52. The lowest BCUT2D eigenvalue weighted by molar-refractivity contribution is 0.679. The second-order valence-electron chi connectivity index (χ2n) is 7.36. The second kappa shape index (κ2) is 12.1. The van der Waals surface area contributed by atoms with Crippen molar-refractivity contribution in [2.75, 3.05) is 11.5 Å². The highest BCUT2D eigenvalue weighted by Gasteiger charge is 2.43. The summed E-state index contributed by atoms with van der Waals surface area (Å²) in [5.74, 6) is 0. The Balaban J connectivity index is 1.91. The van der Waals surface area contributed by atoms with Crippen LogP contribution >= 0.6 is 23.2 Å². The van der Waals surface area contributed by atoms with E-state index in [0.717, 1.165) is 11.5 Å². The molecule has 3 rings (SSSR count). The molecule has 0 saturated carbocycles. The van der Waals surface area contributed by atoms with Crippen molar-refractivity contribution in [1.29, 1.82) is 0 Å². The van der Waals surface area contributed by atoms with E-state index in [1.54, 1.807) is 0 Å². The molecular formula is C27H31BrP+. The Morgan fingerprint density at radius 3 is 1.45 bits per heavy atom. The zero-order chi connectivity index (χ0) is 20.2. The smallest absolute Gasteiger partial charge is 0.0928 e. The van der Waals surface area contributed by atoms with Crippen LogP contribution in [-0.4, -0.2) is 11.5 Å². The first kappa shape index (κ1) is 22.0. The molecule has 0 bridgehead atoms. The zero-order valence-corrected chi connectivity index (χ0v) is 19.6. The summed E-state index contributed by atoms with van der Waals surface area (Å²) >= 11 is 3.52. The molecule has 0 heterocycles. The van der Waals surface area contributed by atoms with Crippen LogP contribution in [0.5, 0.6) is 0 Å². The summed E-state index contributed by atoms with van der Waals surface area (Å²) in [5.41, 5.74) is 0. The number of hydrogen-bond acceptors (Lipinski definition) is 0. The van der Waals surface area contributed by atoms with Crippen LogP contribution in [0.15, 0.2) is 103 Å². The fourth-order valence-corrected chi connectivity index (χ4v) is 8.30. The van der Waals surface area contributed by atoms with Crippen molar-refractivity contribution in [2.45, 2.75) is 32.1 Å². The van der Waals surface area contributed by atoms with Gasteiger partial charge in [-0.3, -0.25) is 0 Å². The molecule has 0 radical (unpaired) electrons. The molecular weight excluding hydrogens is 435 g/mol. The Hall–Kier alpha value is -1.69. The number of halogens is 1. The lowest BCUT2D eigenvalue weighted by atomic mass is 10.1. The molecule has 2 heteroatoms. The minimum absolute atomic E-state index is 1.08. The molecule has 0 aliphatic heterocycles. The molecule has 0 aliphatic rings. The van der Waals surface area contributed by atoms with Crippen LogP contribution in [-0.2, 0) is 0 Å². The topological polar surface area (TPSA) is 0 Å². The van der Waals surface area contributed by atoms with Crippen LogP contribution in [0.1, 0.15) is 32.1 Å². The summed E-state index contributed by atoms with van der Waals surface area (Å²) in [7, 11) is -1.71. The number of hydrogen-bond donors (Lipinski definition) is 0. The third kappa shape index (κ3) is 5.91. The number of unbranched alkanes of at least 4 members (excludes halogenated alkanes) is 4. The van der Waals surface area contributed by atoms with Gasteiger partial charge in [0.25, 0.3) is 0 Å². The molecule has 0 saturated heterocycles. The van der Waals surface area contributed by atoms with Gasteiger partial charge < -0.3 is 0 Å². The van der Waals surface area contributed by atoms with Gasteiger partial charge in [-0.1, -0.05) is 95.5 Å². The highest BCUT2D eigenvalue weighted by molar-refractivity contribution is 9.09. The molecule has 0 spiro atoms. The summed E-state index contributed by atoms with van der Waals surface area (Å²) in [6, 6.07) is 33.4. The van der Waals surface area contributed by atoms with Gasteiger partial charge in [-0.15, -0.1) is 0 Å². The van der Waals surface area contributed by atoms with E-state index in [4.69, 9.17) is 0 Å². The van der Waals surface area contributed by atoms with Gasteiger partial charge in [-0.25, -0.2) is 0 Å². The number of rotatable bonds is 11. The van der Waals surface area contributed by atoms with E-state index in [1.807, 2.05) is 0 Å². The first-order valence-corrected chi connectivity index (χ1v) is 13.7. The summed E-state index contributed by atoms with van der Waals surface area (Å²) < 4.78 is 0. The van der Waals surface area contributed by atoms with Gasteiger partial charge in [0, 0.05) is 5.33 Å². The van der Waals surface area contributed by atoms with Crippen molar-refractivity contribution < 1.29 is 0 Å². The van der Waals surface area contributed by atoms with E-state index < -0.39 is 7.26 Å². The number of alkyl halides is 1. The zero-order valence-electron chi connectivity index (χ0n) is 17.1. The summed E-state index contributed by atoms with van der Waals surface area (Å²) in [6.07, 6.45) is 12.3. The summed E-state index contributed by atoms with van der Waals surface area (Å²) in [6.45, 7) is 0. The number of allylic oxidation sites excluding steroid dienone is 2. The van der Waals surface area contributed by atoms with Gasteiger partial charge in [-0.05, 0) is 55.7 Å². The van der Waals surface area contributed by atoms with Crippen LogP contribution in [0, 0.1) is 0 Å². The second-order valence-corrected chi connectivity index (χ2v) is 11.7. The average molecular weight is 466 g/mol. The van der Waals surface area contributed by atoms with E-state index in [-0.39, 0.29) is 0 Å². The van der Waals surface area contributed by atoms with Crippen LogP contribution in [0.25, 0.3) is 0 Å². The first-order valence-electron chi connectivity index (χ1n) is 10.6. The Bertz CT molecular complexity index is 747. The molecule has 150 valence electrons. The minimum Gasteiger partial charge on any atom is -0.0928 e. The molecule has 29 heavy (non-hydrogen) atoms. The SMILES string of the molecule is BrCCCCCCC=CC[P+](c1ccccc1)(c1ccccc1)c1ccccc1. The van der Waals surface area contributed by atoms with Crippen molar-refractivity contribution in [1.82, 2.24) is 0 Å². The molecule has 0 aromatic heterocycles. The number of benzene rings is 3.